The second-order valence-corrected chi connectivity index (χ2v) is 24.7. The number of halogens is 2. The number of H-pyrrole nitrogens is 1. The van der Waals surface area contributed by atoms with Gasteiger partial charge in [-0.05, 0) is 90.2 Å². The summed E-state index contributed by atoms with van der Waals surface area (Å²) in [7, 11) is 4.25. The van der Waals surface area contributed by atoms with Gasteiger partial charge >= 0.3 is 0 Å². The van der Waals surface area contributed by atoms with Gasteiger partial charge in [-0.2, -0.15) is 0 Å². The molecule has 7 atom stereocenters. The fourth-order valence-electron chi connectivity index (χ4n) is 14.8. The summed E-state index contributed by atoms with van der Waals surface area (Å²) in [6.45, 7) is 19.9. The molecule has 0 bridgehead atoms. The molecule has 1 N–H and O–H groups in total. The Hall–Kier alpha value is -7.91. The summed E-state index contributed by atoms with van der Waals surface area (Å²) >= 11 is 0. The van der Waals surface area contributed by atoms with Gasteiger partial charge in [-0.1, -0.05) is 43.5 Å². The van der Waals surface area contributed by atoms with Crippen molar-refractivity contribution in [2.75, 3.05) is 112 Å². The number of fused-ring (bicyclic) bond motifs is 12. The average Bonchev–Trinajstić information content (AvgIpc) is 3.53. The normalized spacial score (nSPS) is 24.7. The van der Waals surface area contributed by atoms with E-state index in [9.17, 15) is 18.4 Å². The molecular weight excluding hydrogens is 1090 g/mol. The number of nitrogens with zero attached hydrogens (tertiary/aromatic N) is 11. The lowest BCUT2D eigenvalue weighted by Crippen LogP contribution is -2.62. The first-order valence-corrected chi connectivity index (χ1v) is 30.1. The molecule has 4 fully saturated rings. The number of piperazine rings is 2. The van der Waals surface area contributed by atoms with Crippen LogP contribution in [0.3, 0.4) is 0 Å². The van der Waals surface area contributed by atoms with Gasteiger partial charge < -0.3 is 63.0 Å². The lowest BCUT2D eigenvalue weighted by atomic mass is 9.96. The fourth-order valence-corrected chi connectivity index (χ4v) is 14.8. The molecule has 3 aromatic carbocycles. The van der Waals surface area contributed by atoms with Crippen molar-refractivity contribution in [3.8, 4) is 29.0 Å². The number of aromatic nitrogens is 4. The second-order valence-electron chi connectivity index (χ2n) is 24.7. The number of pyridine rings is 2. The van der Waals surface area contributed by atoms with Gasteiger partial charge in [-0.25, -0.2) is 23.7 Å². The number of anilines is 4. The molecule has 14 rings (SSSR count). The molecule has 0 radical (unpaired) electrons. The van der Waals surface area contributed by atoms with Gasteiger partial charge in [0.15, 0.2) is 11.7 Å². The number of likely N-dealkylation sites (N-methyl/N-ethyl adjacent to an activating group) is 2. The van der Waals surface area contributed by atoms with Crippen LogP contribution in [0.2, 0.25) is 0 Å². The van der Waals surface area contributed by atoms with Crippen molar-refractivity contribution in [1.29, 1.82) is 0 Å². The molecule has 2 amide bonds. The van der Waals surface area contributed by atoms with E-state index in [0.717, 1.165) is 104 Å². The SMILES string of the molecule is C=C(F)C(=O)N1C[C@@H]2COc3c(OC[C@@H]4CCCN4C)nc4c(c3N2C[C@H]1C)CCN(c1cc(OC2C[C@@H](COc3nc5c(c6c3OC[C@H]3CN(C(=O)C(=C)F)[C@H](C)CN63)CCN(c3c(C)ccc6[nH]cnc36)C5)N(C)C2)cc2ccccc12)C4. The first-order chi connectivity index (χ1) is 41.1. The number of hydrogen-bond acceptors (Lipinski definition) is 16. The summed E-state index contributed by atoms with van der Waals surface area (Å²) < 4.78 is 62.4. The fraction of sp³-hybridized carbons (Fsp3) is 0.484. The summed E-state index contributed by atoms with van der Waals surface area (Å²) in [6.07, 6.45) is 5.87. The molecule has 0 aliphatic carbocycles. The van der Waals surface area contributed by atoms with E-state index >= 15 is 0 Å². The number of imidazole rings is 1. The van der Waals surface area contributed by atoms with Crippen molar-refractivity contribution in [3.05, 3.63) is 108 Å². The van der Waals surface area contributed by atoms with Crippen molar-refractivity contribution < 1.29 is 42.1 Å². The van der Waals surface area contributed by atoms with Gasteiger partial charge in [0, 0.05) is 105 Å². The maximum Gasteiger partial charge on any atom is 0.282 e. The van der Waals surface area contributed by atoms with Gasteiger partial charge in [0.25, 0.3) is 23.6 Å². The molecule has 3 aromatic heterocycles. The van der Waals surface area contributed by atoms with Crippen molar-refractivity contribution in [2.45, 2.75) is 108 Å². The van der Waals surface area contributed by atoms with Gasteiger partial charge in [0.1, 0.15) is 43.8 Å². The number of aryl methyl sites for hydroxylation is 1. The highest BCUT2D eigenvalue weighted by Gasteiger charge is 2.45. The molecule has 19 nitrogen and oxygen atoms in total. The number of nitrogens with one attached hydrogen (secondary N) is 1. The Kier molecular flexibility index (Phi) is 14.1. The second kappa shape index (κ2) is 21.9. The third-order valence-corrected chi connectivity index (χ3v) is 19.3. The zero-order valence-corrected chi connectivity index (χ0v) is 49.1. The zero-order valence-electron chi connectivity index (χ0n) is 49.1. The van der Waals surface area contributed by atoms with Crippen LogP contribution in [-0.4, -0.2) is 187 Å². The van der Waals surface area contributed by atoms with Crippen LogP contribution in [0.15, 0.2) is 79.7 Å². The van der Waals surface area contributed by atoms with Crippen LogP contribution in [0.4, 0.5) is 31.5 Å². The van der Waals surface area contributed by atoms with Crippen LogP contribution in [-0.2, 0) is 35.5 Å². The van der Waals surface area contributed by atoms with Gasteiger partial charge in [0.2, 0.25) is 11.5 Å². The summed E-state index contributed by atoms with van der Waals surface area (Å²) in [6, 6.07) is 16.3. The summed E-state index contributed by atoms with van der Waals surface area (Å²) in [5.74, 6) is -0.330. The standard InChI is InChI=1S/C64H74F2N12O7/c1-36-14-15-51-55(68-35-67-51)56(36)74-20-17-50-53(30-74)70-62(60-58(50)78-25-38(3)76(64(80)40(5)66)27-45(78)34-82-60)84-32-43-22-47(28-72(43)7)85-46-21-41-11-8-9-13-48(41)54(23-46)73-19-16-49-52(29-73)69-61(83-31-42-12-10-18-71(42)6)59-57(49)77-24-37(2)75(63(79)39(4)65)26-44(77)33-81-59/h8-9,11,13-15,21,23,35,37-38,42-45,47H,4-5,10,12,16-20,22,24-34H2,1-3,6-7H3,(H,67,68)/t37-,38-,42+,43+,44-,45-,47?/m1/s1. The van der Waals surface area contributed by atoms with Crippen molar-refractivity contribution in [3.63, 3.8) is 0 Å². The molecule has 8 aliphatic heterocycles. The molecule has 446 valence electrons. The number of carbonyl (C=O) groups excluding carboxylic acids is 2. The van der Waals surface area contributed by atoms with E-state index < -0.39 is 23.5 Å². The quantitative estimate of drug-likeness (QED) is 0.120. The van der Waals surface area contributed by atoms with Crippen molar-refractivity contribution >= 4 is 56.4 Å². The molecule has 0 spiro atoms. The predicted molar refractivity (Wildman–Crippen MR) is 321 cm³/mol. The molecule has 11 heterocycles. The third-order valence-electron chi connectivity index (χ3n) is 19.3. The molecular formula is C64H74F2N12O7. The van der Waals surface area contributed by atoms with Crippen LogP contribution >= 0.6 is 0 Å². The Labute approximate surface area is 493 Å². The van der Waals surface area contributed by atoms with E-state index in [1.54, 1.807) is 16.1 Å². The highest BCUT2D eigenvalue weighted by molar-refractivity contribution is 5.96. The number of aromatic amines is 1. The minimum absolute atomic E-state index is 0.00573. The number of carbonyl (C=O) groups is 2. The van der Waals surface area contributed by atoms with Crippen LogP contribution in [0.1, 0.15) is 61.2 Å². The molecule has 1 unspecified atom stereocenters. The van der Waals surface area contributed by atoms with Crippen LogP contribution in [0, 0.1) is 6.92 Å². The van der Waals surface area contributed by atoms with E-state index in [0.29, 0.717) is 115 Å². The summed E-state index contributed by atoms with van der Waals surface area (Å²) in [5, 5.41) is 2.18. The monoisotopic (exact) mass is 1160 g/mol. The number of amides is 2. The third kappa shape index (κ3) is 9.83. The van der Waals surface area contributed by atoms with Gasteiger partial charge in [0.05, 0.1) is 65.5 Å². The maximum absolute atomic E-state index is 14.3. The molecule has 6 aromatic rings. The first kappa shape index (κ1) is 55.0. The minimum Gasteiger partial charge on any atom is -0.489 e. The first-order valence-electron chi connectivity index (χ1n) is 30.1. The van der Waals surface area contributed by atoms with E-state index in [1.165, 1.54) is 0 Å². The van der Waals surface area contributed by atoms with Crippen LogP contribution < -0.4 is 43.3 Å². The average molecular weight is 1160 g/mol. The van der Waals surface area contributed by atoms with Crippen LogP contribution in [0.25, 0.3) is 21.8 Å². The lowest BCUT2D eigenvalue weighted by molar-refractivity contribution is -0.132. The largest absolute Gasteiger partial charge is 0.489 e. The number of benzene rings is 3. The molecule has 0 saturated carbocycles. The van der Waals surface area contributed by atoms with E-state index in [2.05, 4.69) is 117 Å². The summed E-state index contributed by atoms with van der Waals surface area (Å²) in [4.78, 5) is 61.8. The number of rotatable bonds is 12. The number of likely N-dealkylation sites (tertiary alicyclic amines) is 2. The topological polar surface area (TPSA) is 161 Å². The van der Waals surface area contributed by atoms with E-state index in [4.69, 9.17) is 38.6 Å². The highest BCUT2D eigenvalue weighted by Crippen LogP contribution is 2.50. The van der Waals surface area contributed by atoms with Crippen LogP contribution in [0.5, 0.6) is 29.0 Å². The molecule has 4 saturated heterocycles. The Morgan fingerprint density at radius 2 is 1.34 bits per heavy atom. The Balaban J connectivity index is 0.722. The van der Waals surface area contributed by atoms with Gasteiger partial charge in [-0.3, -0.25) is 14.5 Å². The van der Waals surface area contributed by atoms with E-state index in [-0.39, 0.29) is 49.0 Å². The lowest BCUT2D eigenvalue weighted by Gasteiger charge is -2.49. The Morgan fingerprint density at radius 3 is 1.96 bits per heavy atom. The van der Waals surface area contributed by atoms with Crippen molar-refractivity contribution in [1.82, 2.24) is 39.5 Å². The Bertz CT molecular complexity index is 3670. The predicted octanol–water partition coefficient (Wildman–Crippen LogP) is 7.51. The van der Waals surface area contributed by atoms with Gasteiger partial charge in [-0.15, -0.1) is 0 Å². The van der Waals surface area contributed by atoms with E-state index in [1.807, 2.05) is 13.8 Å². The number of hydrogen-bond donors (Lipinski definition) is 1. The zero-order chi connectivity index (χ0) is 58.5. The maximum atomic E-state index is 14.3. The minimum atomic E-state index is -0.963. The smallest absolute Gasteiger partial charge is 0.282 e. The summed E-state index contributed by atoms with van der Waals surface area (Å²) in [5.41, 5.74) is 11.1. The molecule has 85 heavy (non-hydrogen) atoms. The number of ether oxygens (including phenoxy) is 5. The highest BCUT2D eigenvalue weighted by atomic mass is 19.1. The molecule has 8 aliphatic rings. The Morgan fingerprint density at radius 1 is 0.729 bits per heavy atom. The van der Waals surface area contributed by atoms with Crippen molar-refractivity contribution in [2.24, 2.45) is 0 Å². The molecule has 21 heteroatoms.